The van der Waals surface area contributed by atoms with Gasteiger partial charge in [0.1, 0.15) is 5.75 Å². The molecule has 0 saturated carbocycles. The molecule has 1 saturated heterocycles. The van der Waals surface area contributed by atoms with Crippen LogP contribution in [-0.2, 0) is 21.3 Å². The molecule has 0 aliphatic carbocycles. The van der Waals surface area contributed by atoms with Gasteiger partial charge in [-0.05, 0) is 25.0 Å². The van der Waals surface area contributed by atoms with Gasteiger partial charge in [-0.1, -0.05) is 48.6 Å². The Hall–Kier alpha value is -3.09. The van der Waals surface area contributed by atoms with Crippen LogP contribution in [0.1, 0.15) is 42.8 Å². The molecule has 0 amide bonds. The van der Waals surface area contributed by atoms with Crippen molar-refractivity contribution in [1.82, 2.24) is 4.57 Å². The zero-order valence-electron chi connectivity index (χ0n) is 17.5. The lowest BCUT2D eigenvalue weighted by Crippen LogP contribution is -2.30. The third-order valence-corrected chi connectivity index (χ3v) is 5.72. The zero-order chi connectivity index (χ0) is 21.8. The molecule has 162 valence electrons. The molecule has 1 aromatic heterocycles. The second kappa shape index (κ2) is 9.37. The minimum Gasteiger partial charge on any atom is -0.508 e. The fourth-order valence-electron chi connectivity index (χ4n) is 4.15. The maximum atomic E-state index is 10.7. The molecule has 1 fully saturated rings. The summed E-state index contributed by atoms with van der Waals surface area (Å²) in [6.45, 7) is 0.468. The Labute approximate surface area is 181 Å². The number of fused-ring (bicyclic) bond motifs is 1. The molecule has 3 unspecified atom stereocenters. The zero-order valence-corrected chi connectivity index (χ0v) is 17.5. The van der Waals surface area contributed by atoms with E-state index in [4.69, 9.17) is 14.6 Å². The van der Waals surface area contributed by atoms with Gasteiger partial charge in [-0.3, -0.25) is 4.79 Å². The number of phenolic OH excluding ortho intramolecular Hbond substituents is 1. The number of nitrogens with zero attached hydrogens (tertiary/aromatic N) is 1. The number of para-hydroxylation sites is 2. The summed E-state index contributed by atoms with van der Waals surface area (Å²) in [5.41, 5.74) is 2.81. The summed E-state index contributed by atoms with van der Waals surface area (Å²) in [6.07, 6.45) is 6.28. The van der Waals surface area contributed by atoms with E-state index in [1.165, 1.54) is 0 Å². The quantitative estimate of drug-likeness (QED) is 0.519. The summed E-state index contributed by atoms with van der Waals surface area (Å²) in [5.74, 6) is -0.606. The highest BCUT2D eigenvalue weighted by Gasteiger charge is 2.35. The van der Waals surface area contributed by atoms with Crippen molar-refractivity contribution in [3.05, 3.63) is 78.0 Å². The van der Waals surface area contributed by atoms with E-state index in [2.05, 4.69) is 16.7 Å². The monoisotopic (exact) mass is 421 g/mol. The molecule has 0 spiro atoms. The van der Waals surface area contributed by atoms with E-state index in [1.807, 2.05) is 49.7 Å². The Kier molecular flexibility index (Phi) is 6.39. The number of hydrogen-bond donors (Lipinski definition) is 2. The molecular weight excluding hydrogens is 394 g/mol. The summed E-state index contributed by atoms with van der Waals surface area (Å²) in [7, 11) is 2.00. The van der Waals surface area contributed by atoms with Crippen LogP contribution in [0.2, 0.25) is 0 Å². The second-order valence-electron chi connectivity index (χ2n) is 7.89. The number of carboxylic acid groups (broad SMARTS) is 1. The first-order valence-corrected chi connectivity index (χ1v) is 10.5. The number of ether oxygens (including phenoxy) is 2. The molecule has 3 aromatic rings. The highest BCUT2D eigenvalue weighted by Crippen LogP contribution is 2.43. The minimum absolute atomic E-state index is 0.000560. The number of phenols is 1. The first-order chi connectivity index (χ1) is 15.0. The lowest BCUT2D eigenvalue weighted by Gasteiger charge is -2.36. The first kappa shape index (κ1) is 21.2. The number of aryl methyl sites for hydroxylation is 1. The number of carbonyl (C=O) groups is 1. The van der Waals surface area contributed by atoms with Crippen molar-refractivity contribution < 1.29 is 24.5 Å². The van der Waals surface area contributed by atoms with Crippen LogP contribution in [0.4, 0.5) is 0 Å². The van der Waals surface area contributed by atoms with Gasteiger partial charge in [0, 0.05) is 47.6 Å². The second-order valence-corrected chi connectivity index (χ2v) is 7.89. The van der Waals surface area contributed by atoms with Crippen LogP contribution in [0.5, 0.6) is 5.75 Å². The maximum Gasteiger partial charge on any atom is 0.303 e. The van der Waals surface area contributed by atoms with Crippen molar-refractivity contribution in [1.29, 1.82) is 0 Å². The minimum atomic E-state index is -0.806. The first-order valence-electron chi connectivity index (χ1n) is 10.5. The lowest BCUT2D eigenvalue weighted by atomic mass is 9.91. The van der Waals surface area contributed by atoms with Crippen LogP contribution < -0.4 is 0 Å². The molecule has 1 aliphatic rings. The van der Waals surface area contributed by atoms with Crippen molar-refractivity contribution >= 4 is 16.9 Å². The van der Waals surface area contributed by atoms with Crippen molar-refractivity contribution in [2.24, 2.45) is 13.0 Å². The van der Waals surface area contributed by atoms with Crippen molar-refractivity contribution in [2.75, 3.05) is 6.61 Å². The Morgan fingerprint density at radius 1 is 1.13 bits per heavy atom. The summed E-state index contributed by atoms with van der Waals surface area (Å²) in [5, 5.41) is 20.4. The largest absolute Gasteiger partial charge is 0.508 e. The fraction of sp³-hybridized carbons (Fsp3) is 0.320. The average Bonchev–Trinajstić information content (AvgIpc) is 3.11. The molecule has 2 heterocycles. The van der Waals surface area contributed by atoms with Gasteiger partial charge in [0.05, 0.1) is 12.7 Å². The molecule has 2 aromatic carbocycles. The molecule has 31 heavy (non-hydrogen) atoms. The van der Waals surface area contributed by atoms with Crippen LogP contribution in [0.15, 0.2) is 66.9 Å². The van der Waals surface area contributed by atoms with Gasteiger partial charge in [-0.2, -0.15) is 0 Å². The van der Waals surface area contributed by atoms with Gasteiger partial charge in [-0.15, -0.1) is 0 Å². The maximum absolute atomic E-state index is 10.7. The smallest absolute Gasteiger partial charge is 0.303 e. The molecular formula is C25H27NO5. The molecule has 6 heteroatoms. The van der Waals surface area contributed by atoms with Crippen molar-refractivity contribution in [2.45, 2.75) is 31.7 Å². The Morgan fingerprint density at radius 3 is 2.71 bits per heavy atom. The SMILES string of the molecule is Cn1cc(C2OCC(C/C=C\CCC(=O)O)C(c3ccccc3O)O2)c2ccccc21. The van der Waals surface area contributed by atoms with Crippen LogP contribution >= 0.6 is 0 Å². The number of hydrogen-bond acceptors (Lipinski definition) is 4. The predicted molar refractivity (Wildman–Crippen MR) is 118 cm³/mol. The van der Waals surface area contributed by atoms with E-state index in [0.29, 0.717) is 19.4 Å². The highest BCUT2D eigenvalue weighted by atomic mass is 16.7. The molecule has 2 N–H and O–H groups in total. The number of benzene rings is 2. The molecule has 0 radical (unpaired) electrons. The Bertz CT molecular complexity index is 1090. The summed E-state index contributed by atoms with van der Waals surface area (Å²) in [6, 6.07) is 15.4. The standard InChI is InChI=1S/C25H27NO5/c1-26-15-20(18-10-5-7-12-21(18)26)25-30-16-17(9-3-2-4-14-23(28)29)24(31-25)19-11-6-8-13-22(19)27/h2-3,5-8,10-13,15,17,24-25,27H,4,9,14,16H2,1H3,(H,28,29)/b3-2-. The molecule has 0 bridgehead atoms. The highest BCUT2D eigenvalue weighted by molar-refractivity contribution is 5.84. The van der Waals surface area contributed by atoms with E-state index in [0.717, 1.165) is 22.0 Å². The van der Waals surface area contributed by atoms with Crippen LogP contribution in [0, 0.1) is 5.92 Å². The normalized spacial score (nSPS) is 21.6. The van der Waals surface area contributed by atoms with Gasteiger partial charge in [0.15, 0.2) is 6.29 Å². The van der Waals surface area contributed by atoms with Gasteiger partial charge in [0.2, 0.25) is 0 Å². The van der Waals surface area contributed by atoms with Crippen LogP contribution in [0.3, 0.4) is 0 Å². The van der Waals surface area contributed by atoms with Crippen LogP contribution in [0.25, 0.3) is 10.9 Å². The van der Waals surface area contributed by atoms with Crippen molar-refractivity contribution in [3.63, 3.8) is 0 Å². The number of aromatic nitrogens is 1. The summed E-state index contributed by atoms with van der Waals surface area (Å²) in [4.78, 5) is 10.7. The lowest BCUT2D eigenvalue weighted by molar-refractivity contribution is -0.243. The van der Waals surface area contributed by atoms with Gasteiger partial charge in [-0.25, -0.2) is 0 Å². The number of aliphatic carboxylic acids is 1. The molecule has 4 rings (SSSR count). The molecule has 3 atom stereocenters. The van der Waals surface area contributed by atoms with E-state index in [9.17, 15) is 9.90 Å². The average molecular weight is 421 g/mol. The third-order valence-electron chi connectivity index (χ3n) is 5.72. The number of allylic oxidation sites excluding steroid dienone is 2. The fourth-order valence-corrected chi connectivity index (χ4v) is 4.15. The molecule has 1 aliphatic heterocycles. The van der Waals surface area contributed by atoms with Crippen LogP contribution in [-0.4, -0.2) is 27.4 Å². The van der Waals surface area contributed by atoms with E-state index in [1.54, 1.807) is 12.1 Å². The van der Waals surface area contributed by atoms with Gasteiger partial charge >= 0.3 is 5.97 Å². The number of carboxylic acids is 1. The van der Waals surface area contributed by atoms with Gasteiger partial charge in [0.25, 0.3) is 0 Å². The predicted octanol–water partition coefficient (Wildman–Crippen LogP) is 5.10. The van der Waals surface area contributed by atoms with E-state index >= 15 is 0 Å². The van der Waals surface area contributed by atoms with Gasteiger partial charge < -0.3 is 24.3 Å². The molecule has 6 nitrogen and oxygen atoms in total. The Morgan fingerprint density at radius 2 is 1.90 bits per heavy atom. The number of aromatic hydroxyl groups is 1. The third kappa shape index (κ3) is 4.65. The van der Waals surface area contributed by atoms with E-state index < -0.39 is 12.3 Å². The Balaban J connectivity index is 1.58. The summed E-state index contributed by atoms with van der Waals surface area (Å²) >= 11 is 0. The van der Waals surface area contributed by atoms with Crippen molar-refractivity contribution in [3.8, 4) is 5.75 Å². The summed E-state index contributed by atoms with van der Waals surface area (Å²) < 4.78 is 14.6. The van der Waals surface area contributed by atoms with E-state index in [-0.39, 0.29) is 24.2 Å². The topological polar surface area (TPSA) is 80.9 Å². The number of rotatable bonds is 7.